The Labute approximate surface area is 150 Å². The van der Waals surface area contributed by atoms with Gasteiger partial charge in [-0.2, -0.15) is 0 Å². The molecule has 1 aromatic rings. The van der Waals surface area contributed by atoms with Gasteiger partial charge in [0.2, 0.25) is 5.91 Å². The zero-order valence-corrected chi connectivity index (χ0v) is 15.4. The minimum absolute atomic E-state index is 0. The van der Waals surface area contributed by atoms with Crippen molar-refractivity contribution in [3.63, 3.8) is 0 Å². The van der Waals surface area contributed by atoms with Gasteiger partial charge in [0.15, 0.2) is 0 Å². The SMILES string of the molecule is CCCN(Cc1nccn1C)C(=O)[C@H]1CC[C@@H](N)[C@H](O)C1.Cl.Cl. The van der Waals surface area contributed by atoms with Crippen LogP contribution >= 0.6 is 24.8 Å². The lowest BCUT2D eigenvalue weighted by Gasteiger charge is -2.33. The third-order valence-corrected chi connectivity index (χ3v) is 4.28. The first-order chi connectivity index (χ1) is 10.0. The molecule has 3 atom stereocenters. The minimum Gasteiger partial charge on any atom is -0.391 e. The molecular weight excluding hydrogens is 339 g/mol. The summed E-state index contributed by atoms with van der Waals surface area (Å²) in [4.78, 5) is 18.9. The van der Waals surface area contributed by atoms with Gasteiger partial charge in [0.1, 0.15) is 5.82 Å². The molecule has 1 saturated carbocycles. The van der Waals surface area contributed by atoms with Crippen molar-refractivity contribution in [2.24, 2.45) is 18.7 Å². The third kappa shape index (κ3) is 5.64. The monoisotopic (exact) mass is 366 g/mol. The smallest absolute Gasteiger partial charge is 0.226 e. The fourth-order valence-corrected chi connectivity index (χ4v) is 2.91. The van der Waals surface area contributed by atoms with Crippen LogP contribution in [0.4, 0.5) is 0 Å². The highest BCUT2D eigenvalue weighted by Crippen LogP contribution is 2.26. The van der Waals surface area contributed by atoms with Crippen LogP contribution in [-0.2, 0) is 18.4 Å². The van der Waals surface area contributed by atoms with Gasteiger partial charge in [0.25, 0.3) is 0 Å². The first-order valence-electron chi connectivity index (χ1n) is 7.71. The van der Waals surface area contributed by atoms with Crippen LogP contribution in [0.15, 0.2) is 12.4 Å². The number of aromatic nitrogens is 2. The maximum Gasteiger partial charge on any atom is 0.226 e. The molecule has 2 rings (SSSR count). The van der Waals surface area contributed by atoms with Crippen molar-refractivity contribution >= 4 is 30.7 Å². The number of amides is 1. The molecule has 1 fully saturated rings. The summed E-state index contributed by atoms with van der Waals surface area (Å²) in [5.41, 5.74) is 5.82. The van der Waals surface area contributed by atoms with Gasteiger partial charge in [0.05, 0.1) is 12.6 Å². The second-order valence-electron chi connectivity index (χ2n) is 5.96. The predicted octanol–water partition coefficient (Wildman–Crippen LogP) is 1.49. The summed E-state index contributed by atoms with van der Waals surface area (Å²) < 4.78 is 1.93. The lowest BCUT2D eigenvalue weighted by atomic mass is 9.83. The summed E-state index contributed by atoms with van der Waals surface area (Å²) in [5, 5.41) is 9.90. The third-order valence-electron chi connectivity index (χ3n) is 4.28. The Morgan fingerprint density at radius 2 is 2.17 bits per heavy atom. The van der Waals surface area contributed by atoms with Crippen molar-refractivity contribution in [2.75, 3.05) is 6.54 Å². The van der Waals surface area contributed by atoms with Crippen molar-refractivity contribution in [3.05, 3.63) is 18.2 Å². The van der Waals surface area contributed by atoms with Crippen molar-refractivity contribution in [2.45, 2.75) is 51.3 Å². The van der Waals surface area contributed by atoms with Gasteiger partial charge in [0, 0.05) is 37.9 Å². The Bertz CT molecular complexity index is 484. The molecule has 0 spiro atoms. The Hall–Kier alpha value is -0.820. The number of carbonyl (C=O) groups excluding carboxylic acids is 1. The number of nitrogens with zero attached hydrogens (tertiary/aromatic N) is 3. The standard InChI is InChI=1S/C15H26N4O2.2ClH/c1-3-7-19(10-14-17-6-8-18(14)2)15(21)11-4-5-12(16)13(20)9-11;;/h6,8,11-13,20H,3-5,7,9-10,16H2,1-2H3;2*1H/t11-,12+,13+;;/m0../s1. The molecular formula is C15H28Cl2N4O2. The number of hydrogen-bond acceptors (Lipinski definition) is 4. The largest absolute Gasteiger partial charge is 0.391 e. The van der Waals surface area contributed by atoms with Crippen LogP contribution in [-0.4, -0.2) is 44.2 Å². The fraction of sp³-hybridized carbons (Fsp3) is 0.733. The number of aliphatic hydroxyl groups is 1. The van der Waals surface area contributed by atoms with E-state index in [2.05, 4.69) is 11.9 Å². The number of nitrogens with two attached hydrogens (primary N) is 1. The molecule has 0 bridgehead atoms. The molecule has 6 nitrogen and oxygen atoms in total. The second-order valence-corrected chi connectivity index (χ2v) is 5.96. The molecule has 1 aliphatic rings. The van der Waals surface area contributed by atoms with Crippen molar-refractivity contribution < 1.29 is 9.90 Å². The molecule has 1 aliphatic carbocycles. The average molecular weight is 367 g/mol. The van der Waals surface area contributed by atoms with Crippen molar-refractivity contribution in [3.8, 4) is 0 Å². The number of aliphatic hydroxyl groups excluding tert-OH is 1. The lowest BCUT2D eigenvalue weighted by molar-refractivity contribution is -0.139. The summed E-state index contributed by atoms with van der Waals surface area (Å²) in [6.07, 6.45) is 5.91. The summed E-state index contributed by atoms with van der Waals surface area (Å²) in [6.45, 7) is 3.30. The highest BCUT2D eigenvalue weighted by atomic mass is 35.5. The van der Waals surface area contributed by atoms with Crippen LogP contribution < -0.4 is 5.73 Å². The van der Waals surface area contributed by atoms with Crippen LogP contribution in [0.3, 0.4) is 0 Å². The summed E-state index contributed by atoms with van der Waals surface area (Å²) >= 11 is 0. The number of aryl methyl sites for hydroxylation is 1. The zero-order chi connectivity index (χ0) is 15.4. The summed E-state index contributed by atoms with van der Waals surface area (Å²) in [5.74, 6) is 0.877. The van der Waals surface area contributed by atoms with E-state index < -0.39 is 6.10 Å². The van der Waals surface area contributed by atoms with Gasteiger partial charge in [-0.15, -0.1) is 24.8 Å². The van der Waals surface area contributed by atoms with Gasteiger partial charge in [-0.1, -0.05) is 6.92 Å². The first-order valence-corrected chi connectivity index (χ1v) is 7.71. The van der Waals surface area contributed by atoms with E-state index in [1.54, 1.807) is 6.20 Å². The predicted molar refractivity (Wildman–Crippen MR) is 94.7 cm³/mol. The van der Waals surface area contributed by atoms with E-state index >= 15 is 0 Å². The number of hydrogen-bond donors (Lipinski definition) is 2. The van der Waals surface area contributed by atoms with E-state index in [-0.39, 0.29) is 42.7 Å². The molecule has 0 saturated heterocycles. The molecule has 0 aliphatic heterocycles. The van der Waals surface area contributed by atoms with Gasteiger partial charge in [-0.3, -0.25) is 4.79 Å². The number of halogens is 2. The molecule has 0 aromatic carbocycles. The van der Waals surface area contributed by atoms with Crippen LogP contribution in [0, 0.1) is 5.92 Å². The normalized spacial score (nSPS) is 23.6. The topological polar surface area (TPSA) is 84.4 Å². The molecule has 23 heavy (non-hydrogen) atoms. The van der Waals surface area contributed by atoms with E-state index in [0.29, 0.717) is 25.9 Å². The molecule has 134 valence electrons. The maximum absolute atomic E-state index is 12.7. The lowest BCUT2D eigenvalue weighted by Crippen LogP contribution is -2.45. The highest BCUT2D eigenvalue weighted by molar-refractivity contribution is 5.85. The zero-order valence-electron chi connectivity index (χ0n) is 13.7. The quantitative estimate of drug-likeness (QED) is 0.826. The maximum atomic E-state index is 12.7. The van der Waals surface area contributed by atoms with E-state index in [4.69, 9.17) is 5.73 Å². The van der Waals surface area contributed by atoms with Crippen LogP contribution in [0.1, 0.15) is 38.4 Å². The van der Waals surface area contributed by atoms with Gasteiger partial charge >= 0.3 is 0 Å². The summed E-state index contributed by atoms with van der Waals surface area (Å²) in [7, 11) is 1.93. The highest BCUT2D eigenvalue weighted by Gasteiger charge is 2.33. The van der Waals surface area contributed by atoms with Crippen LogP contribution in [0.5, 0.6) is 0 Å². The molecule has 0 radical (unpaired) electrons. The summed E-state index contributed by atoms with van der Waals surface area (Å²) in [6, 6.07) is -0.191. The van der Waals surface area contributed by atoms with Gasteiger partial charge in [-0.25, -0.2) is 4.98 Å². The number of imidazole rings is 1. The van der Waals surface area contributed by atoms with E-state index in [1.807, 2.05) is 22.7 Å². The van der Waals surface area contributed by atoms with Gasteiger partial charge in [-0.05, 0) is 25.7 Å². The Kier molecular flexibility index (Phi) is 9.77. The average Bonchev–Trinajstić information content (AvgIpc) is 2.86. The Morgan fingerprint density at radius 3 is 2.70 bits per heavy atom. The second kappa shape index (κ2) is 10.1. The van der Waals surface area contributed by atoms with Crippen LogP contribution in [0.25, 0.3) is 0 Å². The molecule has 1 aromatic heterocycles. The Morgan fingerprint density at radius 1 is 1.48 bits per heavy atom. The molecule has 0 unspecified atom stereocenters. The van der Waals surface area contributed by atoms with Gasteiger partial charge < -0.3 is 20.3 Å². The van der Waals surface area contributed by atoms with E-state index in [9.17, 15) is 9.90 Å². The van der Waals surface area contributed by atoms with Crippen LogP contribution in [0.2, 0.25) is 0 Å². The minimum atomic E-state index is -0.565. The van der Waals surface area contributed by atoms with Crippen molar-refractivity contribution in [1.29, 1.82) is 0 Å². The molecule has 1 amide bonds. The number of rotatable bonds is 5. The van der Waals surface area contributed by atoms with Crippen molar-refractivity contribution in [1.82, 2.24) is 14.5 Å². The van der Waals surface area contributed by atoms with E-state index in [0.717, 1.165) is 18.7 Å². The molecule has 8 heteroatoms. The number of carbonyl (C=O) groups is 1. The first kappa shape index (κ1) is 22.2. The molecule has 3 N–H and O–H groups in total. The molecule has 1 heterocycles. The fourth-order valence-electron chi connectivity index (χ4n) is 2.91. The van der Waals surface area contributed by atoms with E-state index in [1.165, 1.54) is 0 Å². The Balaban J connectivity index is 0.00000242.